The zero-order valence-corrected chi connectivity index (χ0v) is 14.9. The van der Waals surface area contributed by atoms with Crippen LogP contribution in [0.25, 0.3) is 0 Å². The second kappa shape index (κ2) is 13.2. The highest BCUT2D eigenvalue weighted by molar-refractivity contribution is 6.38. The molecule has 134 valence electrons. The molecule has 6 heteroatoms. The van der Waals surface area contributed by atoms with E-state index in [1.165, 1.54) is 7.11 Å². The minimum atomic E-state index is -0.843. The van der Waals surface area contributed by atoms with Crippen molar-refractivity contribution in [1.29, 1.82) is 0 Å². The van der Waals surface area contributed by atoms with Crippen LogP contribution in [0.5, 0.6) is 0 Å². The van der Waals surface area contributed by atoms with Crippen LogP contribution in [0.1, 0.15) is 27.2 Å². The van der Waals surface area contributed by atoms with Gasteiger partial charge in [-0.2, -0.15) is 4.99 Å². The number of rotatable bonds is 10. The third kappa shape index (κ3) is 8.43. The van der Waals surface area contributed by atoms with Crippen LogP contribution in [0, 0.1) is 5.92 Å². The molecule has 6 nitrogen and oxygen atoms in total. The summed E-state index contributed by atoms with van der Waals surface area (Å²) < 4.78 is 15.1. The number of esters is 1. The molecule has 0 heterocycles. The number of ether oxygens (including phenoxy) is 3. The summed E-state index contributed by atoms with van der Waals surface area (Å²) in [5, 5.41) is 0. The third-order valence-corrected chi connectivity index (χ3v) is 3.08. The van der Waals surface area contributed by atoms with Crippen LogP contribution in [0.3, 0.4) is 0 Å². The number of carbonyl (C=O) groups is 2. The molecule has 0 radical (unpaired) electrons. The lowest BCUT2D eigenvalue weighted by Crippen LogP contribution is -2.29. The summed E-state index contributed by atoms with van der Waals surface area (Å²) in [5.41, 5.74) is 0.774. The maximum absolute atomic E-state index is 11.9. The van der Waals surface area contributed by atoms with Crippen LogP contribution in [0.2, 0.25) is 0 Å². The molecule has 0 rings (SSSR count). The molecular formula is C18H27NO5. The first-order chi connectivity index (χ1) is 11.5. The van der Waals surface area contributed by atoms with E-state index in [4.69, 9.17) is 14.2 Å². The zero-order valence-electron chi connectivity index (χ0n) is 14.9. The van der Waals surface area contributed by atoms with Crippen molar-refractivity contribution in [2.45, 2.75) is 27.2 Å². The highest BCUT2D eigenvalue weighted by Crippen LogP contribution is 2.10. The van der Waals surface area contributed by atoms with E-state index in [-0.39, 0.29) is 24.8 Å². The average molecular weight is 337 g/mol. The summed E-state index contributed by atoms with van der Waals surface area (Å²) in [7, 11) is 1.24. The van der Waals surface area contributed by atoms with Crippen molar-refractivity contribution < 1.29 is 23.8 Å². The molecule has 0 spiro atoms. The third-order valence-electron chi connectivity index (χ3n) is 3.08. The first-order valence-corrected chi connectivity index (χ1v) is 7.89. The molecule has 0 N–H and O–H groups in total. The van der Waals surface area contributed by atoms with Gasteiger partial charge in [-0.05, 0) is 25.8 Å². The summed E-state index contributed by atoms with van der Waals surface area (Å²) in [6.45, 7) is 10.0. The molecule has 0 bridgehead atoms. The lowest BCUT2D eigenvalue weighted by atomic mass is 10.0. The van der Waals surface area contributed by atoms with Crippen LogP contribution < -0.4 is 0 Å². The molecule has 0 saturated heterocycles. The van der Waals surface area contributed by atoms with Gasteiger partial charge in [0.1, 0.15) is 12.3 Å². The Morgan fingerprint density at radius 3 is 2.50 bits per heavy atom. The van der Waals surface area contributed by atoms with Crippen molar-refractivity contribution in [3.63, 3.8) is 0 Å². The number of allylic oxidation sites excluding steroid dienone is 3. The smallest absolute Gasteiger partial charge is 0.434 e. The van der Waals surface area contributed by atoms with E-state index in [1.54, 1.807) is 18.2 Å². The molecule has 0 aromatic rings. The van der Waals surface area contributed by atoms with Crippen LogP contribution in [0.4, 0.5) is 4.79 Å². The van der Waals surface area contributed by atoms with E-state index in [1.807, 2.05) is 26.8 Å². The number of methoxy groups -OCH3 is 1. The van der Waals surface area contributed by atoms with Gasteiger partial charge in [0.2, 0.25) is 0 Å². The lowest BCUT2D eigenvalue weighted by molar-refractivity contribution is -0.133. The Kier molecular flexibility index (Phi) is 12.0. The zero-order chi connectivity index (χ0) is 18.4. The van der Waals surface area contributed by atoms with Gasteiger partial charge in [0.15, 0.2) is 0 Å². The Morgan fingerprint density at radius 2 is 2.00 bits per heavy atom. The fourth-order valence-corrected chi connectivity index (χ4v) is 1.85. The van der Waals surface area contributed by atoms with E-state index in [0.29, 0.717) is 13.0 Å². The van der Waals surface area contributed by atoms with Gasteiger partial charge in [0, 0.05) is 12.5 Å². The Labute approximate surface area is 143 Å². The minimum Gasteiger partial charge on any atom is -0.465 e. The van der Waals surface area contributed by atoms with Gasteiger partial charge < -0.3 is 14.2 Å². The quantitative estimate of drug-likeness (QED) is 0.346. The van der Waals surface area contributed by atoms with Crippen molar-refractivity contribution in [3.05, 3.63) is 36.5 Å². The van der Waals surface area contributed by atoms with Crippen LogP contribution >= 0.6 is 0 Å². The van der Waals surface area contributed by atoms with Gasteiger partial charge in [-0.25, -0.2) is 9.59 Å². The first-order valence-electron chi connectivity index (χ1n) is 7.89. The Morgan fingerprint density at radius 1 is 1.29 bits per heavy atom. The molecule has 24 heavy (non-hydrogen) atoms. The molecular weight excluding hydrogens is 310 g/mol. The monoisotopic (exact) mass is 337 g/mol. The standard InChI is InChI=1S/C18H27NO5/c1-6-10-14(11-7-2)12-24-18(21)19-16(17(20)22-5)15(8-3)13-23-9-4/h6-7,10-11,15H,1,8-9,12-13H2,2-5H3. The molecule has 0 aromatic carbocycles. The topological polar surface area (TPSA) is 74.2 Å². The maximum Gasteiger partial charge on any atom is 0.434 e. The molecule has 0 aromatic heterocycles. The number of amides is 1. The molecule has 1 unspecified atom stereocenters. The predicted molar refractivity (Wildman–Crippen MR) is 94.2 cm³/mol. The second-order valence-corrected chi connectivity index (χ2v) is 4.79. The van der Waals surface area contributed by atoms with Crippen LogP contribution in [0.15, 0.2) is 41.4 Å². The van der Waals surface area contributed by atoms with Crippen molar-refractivity contribution in [3.8, 4) is 0 Å². The van der Waals surface area contributed by atoms with Gasteiger partial charge >= 0.3 is 12.1 Å². The number of hydrogen-bond donors (Lipinski definition) is 0. The summed E-state index contributed by atoms with van der Waals surface area (Å²) in [6, 6.07) is 0. The minimum absolute atomic E-state index is 0.0127. The van der Waals surface area contributed by atoms with Gasteiger partial charge in [0.25, 0.3) is 0 Å². The SMILES string of the molecule is C=CC=C(C=CC)COC(=O)N=C(C(=O)OC)C(CC)COCC. The number of carbonyl (C=O) groups excluding carboxylic acids is 2. The van der Waals surface area contributed by atoms with E-state index in [9.17, 15) is 9.59 Å². The van der Waals surface area contributed by atoms with Gasteiger partial charge in [-0.3, -0.25) is 0 Å². The van der Waals surface area contributed by atoms with Gasteiger partial charge in [-0.15, -0.1) is 0 Å². The molecule has 0 saturated carbocycles. The highest BCUT2D eigenvalue weighted by atomic mass is 16.5. The van der Waals surface area contributed by atoms with Crippen molar-refractivity contribution in [1.82, 2.24) is 0 Å². The van der Waals surface area contributed by atoms with E-state index in [0.717, 1.165) is 5.57 Å². The Bertz CT molecular complexity index is 506. The maximum atomic E-state index is 11.9. The molecule has 1 atom stereocenters. The van der Waals surface area contributed by atoms with Crippen LogP contribution in [-0.2, 0) is 19.0 Å². The van der Waals surface area contributed by atoms with Crippen molar-refractivity contribution in [2.24, 2.45) is 10.9 Å². The molecule has 0 aliphatic heterocycles. The summed E-state index contributed by atoms with van der Waals surface area (Å²) in [4.78, 5) is 27.6. The fourth-order valence-electron chi connectivity index (χ4n) is 1.85. The average Bonchev–Trinajstić information content (AvgIpc) is 2.58. The van der Waals surface area contributed by atoms with Gasteiger partial charge in [0.05, 0.1) is 13.7 Å². The van der Waals surface area contributed by atoms with E-state index >= 15 is 0 Å². The molecule has 1 amide bonds. The summed E-state index contributed by atoms with van der Waals surface area (Å²) >= 11 is 0. The molecule has 0 fully saturated rings. The largest absolute Gasteiger partial charge is 0.465 e. The highest BCUT2D eigenvalue weighted by Gasteiger charge is 2.24. The summed E-state index contributed by atoms with van der Waals surface area (Å²) in [5.74, 6) is -0.988. The lowest BCUT2D eigenvalue weighted by Gasteiger charge is -2.15. The second-order valence-electron chi connectivity index (χ2n) is 4.79. The normalized spacial score (nSPS) is 13.7. The number of hydrogen-bond acceptors (Lipinski definition) is 5. The van der Waals surface area contributed by atoms with E-state index in [2.05, 4.69) is 11.6 Å². The summed E-state index contributed by atoms with van der Waals surface area (Å²) in [6.07, 6.45) is 6.68. The Balaban J connectivity index is 5.12. The fraction of sp³-hybridized carbons (Fsp3) is 0.500. The van der Waals surface area contributed by atoms with Crippen molar-refractivity contribution in [2.75, 3.05) is 26.9 Å². The predicted octanol–water partition coefficient (Wildman–Crippen LogP) is 3.49. The van der Waals surface area contributed by atoms with Crippen molar-refractivity contribution >= 4 is 17.8 Å². The molecule has 0 aliphatic rings. The first kappa shape index (κ1) is 21.8. The Hall–Kier alpha value is -2.21. The van der Waals surface area contributed by atoms with Gasteiger partial charge in [-0.1, -0.05) is 37.8 Å². The number of nitrogens with zero attached hydrogens (tertiary/aromatic N) is 1. The molecule has 0 aliphatic carbocycles. The van der Waals surface area contributed by atoms with E-state index < -0.39 is 12.1 Å². The van der Waals surface area contributed by atoms with Crippen LogP contribution in [-0.4, -0.2) is 44.7 Å². The number of aliphatic imine (C=N–C) groups is 1.